The molecule has 0 bridgehead atoms. The fourth-order valence-corrected chi connectivity index (χ4v) is 10.3. The highest BCUT2D eigenvalue weighted by Crippen LogP contribution is 2.53. The fourth-order valence-electron chi connectivity index (χ4n) is 10.3. The Hall–Kier alpha value is -7.36. The third kappa shape index (κ3) is 5.22. The molecule has 1 atom stereocenters. The number of fused-ring (bicyclic) bond motifs is 10. The minimum absolute atomic E-state index is 0.195. The molecule has 1 unspecified atom stereocenters. The van der Waals surface area contributed by atoms with Gasteiger partial charge in [-0.05, 0) is 112 Å². The molecular weight excluding hydrogens is 729 g/mol. The van der Waals surface area contributed by atoms with Crippen molar-refractivity contribution in [2.75, 3.05) is 4.90 Å². The Morgan fingerprint density at radius 1 is 0.583 bits per heavy atom. The van der Waals surface area contributed by atoms with Gasteiger partial charge in [-0.25, -0.2) is 0 Å². The zero-order chi connectivity index (χ0) is 40.0. The summed E-state index contributed by atoms with van der Waals surface area (Å²) in [6.07, 6.45) is 8.05. The van der Waals surface area contributed by atoms with Crippen molar-refractivity contribution in [1.82, 2.24) is 4.57 Å². The Balaban J connectivity index is 0.987. The Labute approximate surface area is 349 Å². The predicted molar refractivity (Wildman–Crippen MR) is 251 cm³/mol. The number of aromatic nitrogens is 1. The average Bonchev–Trinajstić information content (AvgIpc) is 3.93. The summed E-state index contributed by atoms with van der Waals surface area (Å²) < 4.78 is 8.97. The van der Waals surface area contributed by atoms with Gasteiger partial charge in [-0.2, -0.15) is 0 Å². The van der Waals surface area contributed by atoms with Gasteiger partial charge in [0.15, 0.2) is 0 Å². The molecule has 0 N–H and O–H groups in total. The van der Waals surface area contributed by atoms with E-state index in [0.29, 0.717) is 5.92 Å². The molecule has 3 heteroatoms. The van der Waals surface area contributed by atoms with Crippen molar-refractivity contribution in [2.24, 2.45) is 0 Å². The summed E-state index contributed by atoms with van der Waals surface area (Å²) >= 11 is 0. The second-order valence-electron chi connectivity index (χ2n) is 16.8. The molecule has 2 aliphatic rings. The van der Waals surface area contributed by atoms with Gasteiger partial charge in [-0.1, -0.05) is 147 Å². The first-order valence-corrected chi connectivity index (χ1v) is 21.0. The molecule has 8 aromatic carbocycles. The van der Waals surface area contributed by atoms with Crippen LogP contribution >= 0.6 is 0 Å². The Morgan fingerprint density at radius 3 is 2.10 bits per heavy atom. The summed E-state index contributed by atoms with van der Waals surface area (Å²) in [5.74, 6) is 0.345. The number of furan rings is 1. The van der Waals surface area contributed by atoms with Crippen molar-refractivity contribution < 1.29 is 4.42 Å². The van der Waals surface area contributed by atoms with E-state index in [0.717, 1.165) is 61.8 Å². The number of hydrogen-bond donors (Lipinski definition) is 0. The molecule has 0 radical (unpaired) electrons. The van der Waals surface area contributed by atoms with Crippen LogP contribution in [0.25, 0.3) is 71.7 Å². The normalized spacial score (nSPS) is 15.4. The molecule has 2 heterocycles. The average molecular weight is 771 g/mol. The lowest BCUT2D eigenvalue weighted by atomic mass is 9.78. The standard InChI is InChI=1S/C57H42N2O/c1-57(2)50-36-43(32-33-45(50)47-21-13-20-44(55(47)57)39-16-7-4-8-17-39)58(40-26-24-38(25-27-40)37-14-5-3-6-15-37)41-28-30-42(31-29-41)59-51-22-11-9-19-49(51)54-52(59)35-34-48-46-18-10-12-23-53(46)60-56(48)54/h3-24,26-36,38H,25H2,1-2H3. The Bertz CT molecular complexity index is 3360. The fraction of sp³-hybridized carbons (Fsp3) is 0.0877. The number of allylic oxidation sites excluding steroid dienone is 3. The van der Waals surface area contributed by atoms with Crippen LogP contribution in [0.1, 0.15) is 42.9 Å². The molecule has 2 aromatic heterocycles. The Kier molecular flexibility index (Phi) is 7.71. The summed E-state index contributed by atoms with van der Waals surface area (Å²) in [5, 5.41) is 4.62. The SMILES string of the molecule is CC1(C)c2cc(N(C3=CCC(c4ccccc4)C=C3)c3ccc(-n4c5ccccc5c5c6oc7ccccc7c6ccc54)cc3)ccc2-c2cccc(-c3ccccc3)c21. The number of benzene rings is 8. The number of rotatable bonds is 6. The van der Waals surface area contributed by atoms with Crippen LogP contribution in [0.3, 0.4) is 0 Å². The van der Waals surface area contributed by atoms with Crippen molar-refractivity contribution in [3.8, 4) is 27.9 Å². The summed E-state index contributed by atoms with van der Waals surface area (Å²) in [6, 6.07) is 66.2. The highest BCUT2D eigenvalue weighted by Gasteiger charge is 2.38. The van der Waals surface area contributed by atoms with E-state index in [1.807, 2.05) is 6.07 Å². The third-order valence-electron chi connectivity index (χ3n) is 13.1. The highest BCUT2D eigenvalue weighted by atomic mass is 16.3. The van der Waals surface area contributed by atoms with Crippen LogP contribution in [0.2, 0.25) is 0 Å². The van der Waals surface area contributed by atoms with Crippen LogP contribution in [0.4, 0.5) is 11.4 Å². The van der Waals surface area contributed by atoms with E-state index in [-0.39, 0.29) is 5.41 Å². The van der Waals surface area contributed by atoms with Gasteiger partial charge in [-0.15, -0.1) is 0 Å². The molecule has 3 nitrogen and oxygen atoms in total. The molecule has 0 saturated heterocycles. The molecule has 60 heavy (non-hydrogen) atoms. The van der Waals surface area contributed by atoms with Crippen LogP contribution in [-0.2, 0) is 5.41 Å². The molecule has 0 saturated carbocycles. The summed E-state index contributed by atoms with van der Waals surface area (Å²) in [7, 11) is 0. The van der Waals surface area contributed by atoms with Gasteiger partial charge in [0, 0.05) is 50.3 Å². The first kappa shape index (κ1) is 34.7. The minimum atomic E-state index is -0.195. The van der Waals surface area contributed by atoms with Crippen LogP contribution in [0, 0.1) is 0 Å². The van der Waals surface area contributed by atoms with Gasteiger partial charge >= 0.3 is 0 Å². The maximum atomic E-state index is 6.59. The van der Waals surface area contributed by atoms with Gasteiger partial charge in [0.25, 0.3) is 0 Å². The summed E-state index contributed by atoms with van der Waals surface area (Å²) in [5.41, 5.74) is 17.8. The zero-order valence-corrected chi connectivity index (χ0v) is 33.6. The molecule has 0 aliphatic heterocycles. The summed E-state index contributed by atoms with van der Waals surface area (Å²) in [4.78, 5) is 2.45. The lowest BCUT2D eigenvalue weighted by Gasteiger charge is -2.31. The molecule has 0 fully saturated rings. The maximum absolute atomic E-state index is 6.59. The van der Waals surface area contributed by atoms with E-state index in [9.17, 15) is 0 Å². The molecule has 12 rings (SSSR count). The van der Waals surface area contributed by atoms with Crippen LogP contribution in [0.15, 0.2) is 210 Å². The van der Waals surface area contributed by atoms with E-state index in [2.05, 4.69) is 217 Å². The van der Waals surface area contributed by atoms with Gasteiger partial charge in [0.1, 0.15) is 11.2 Å². The number of para-hydroxylation sites is 2. The van der Waals surface area contributed by atoms with Crippen molar-refractivity contribution >= 4 is 55.1 Å². The van der Waals surface area contributed by atoms with E-state index >= 15 is 0 Å². The molecule has 10 aromatic rings. The van der Waals surface area contributed by atoms with E-state index in [1.165, 1.54) is 50.0 Å². The van der Waals surface area contributed by atoms with Crippen LogP contribution in [0.5, 0.6) is 0 Å². The van der Waals surface area contributed by atoms with Gasteiger partial charge < -0.3 is 13.9 Å². The first-order valence-electron chi connectivity index (χ1n) is 21.0. The summed E-state index contributed by atoms with van der Waals surface area (Å²) in [6.45, 7) is 4.78. The van der Waals surface area contributed by atoms with Crippen molar-refractivity contribution in [3.63, 3.8) is 0 Å². The first-order chi connectivity index (χ1) is 29.5. The Morgan fingerprint density at radius 2 is 1.30 bits per heavy atom. The smallest absolute Gasteiger partial charge is 0.145 e. The molecule has 286 valence electrons. The predicted octanol–water partition coefficient (Wildman–Crippen LogP) is 15.4. The molecular formula is C57H42N2O. The van der Waals surface area contributed by atoms with E-state index < -0.39 is 0 Å². The lowest BCUT2D eigenvalue weighted by molar-refractivity contribution is 0.662. The van der Waals surface area contributed by atoms with Gasteiger partial charge in [-0.3, -0.25) is 0 Å². The van der Waals surface area contributed by atoms with Crippen molar-refractivity contribution in [1.29, 1.82) is 0 Å². The molecule has 0 spiro atoms. The van der Waals surface area contributed by atoms with Crippen molar-refractivity contribution in [3.05, 3.63) is 223 Å². The third-order valence-corrected chi connectivity index (χ3v) is 13.1. The quantitative estimate of drug-likeness (QED) is 0.168. The van der Waals surface area contributed by atoms with Gasteiger partial charge in [0.05, 0.1) is 16.4 Å². The van der Waals surface area contributed by atoms with Gasteiger partial charge in [0.2, 0.25) is 0 Å². The van der Waals surface area contributed by atoms with E-state index in [4.69, 9.17) is 4.42 Å². The number of hydrogen-bond acceptors (Lipinski definition) is 2. The van der Waals surface area contributed by atoms with E-state index in [1.54, 1.807) is 0 Å². The molecule has 0 amide bonds. The van der Waals surface area contributed by atoms with Crippen molar-refractivity contribution in [2.45, 2.75) is 31.6 Å². The second kappa shape index (κ2) is 13.3. The number of anilines is 2. The van der Waals surface area contributed by atoms with Crippen LogP contribution < -0.4 is 4.90 Å². The minimum Gasteiger partial charge on any atom is -0.455 e. The topological polar surface area (TPSA) is 21.3 Å². The number of nitrogens with zero attached hydrogens (tertiary/aromatic N) is 2. The second-order valence-corrected chi connectivity index (χ2v) is 16.8. The zero-order valence-electron chi connectivity index (χ0n) is 33.6. The monoisotopic (exact) mass is 770 g/mol. The maximum Gasteiger partial charge on any atom is 0.145 e. The largest absolute Gasteiger partial charge is 0.455 e. The molecule has 2 aliphatic carbocycles. The van der Waals surface area contributed by atoms with Crippen LogP contribution in [-0.4, -0.2) is 4.57 Å². The highest BCUT2D eigenvalue weighted by molar-refractivity contribution is 6.23. The lowest BCUT2D eigenvalue weighted by Crippen LogP contribution is -2.20.